The van der Waals surface area contributed by atoms with E-state index in [4.69, 9.17) is 10.5 Å². The summed E-state index contributed by atoms with van der Waals surface area (Å²) in [5.74, 6) is 0.843. The maximum Gasteiger partial charge on any atom is 0.0747 e. The lowest BCUT2D eigenvalue weighted by Gasteiger charge is -2.48. The third kappa shape index (κ3) is 2.89. The minimum Gasteiger partial charge on any atom is -0.374 e. The van der Waals surface area contributed by atoms with E-state index in [2.05, 4.69) is 23.8 Å². The van der Waals surface area contributed by atoms with Crippen molar-refractivity contribution < 1.29 is 4.74 Å². The first-order chi connectivity index (χ1) is 9.69. The Morgan fingerprint density at radius 3 is 2.75 bits per heavy atom. The van der Waals surface area contributed by atoms with Crippen molar-refractivity contribution in [1.29, 1.82) is 0 Å². The van der Waals surface area contributed by atoms with E-state index < -0.39 is 0 Å². The fourth-order valence-electron chi connectivity index (χ4n) is 4.63. The van der Waals surface area contributed by atoms with Crippen LogP contribution in [0, 0.1) is 5.92 Å². The number of fused-ring (bicyclic) bond motifs is 1. The predicted molar refractivity (Wildman–Crippen MR) is 81.7 cm³/mol. The number of nitrogens with two attached hydrogens (primary N) is 1. The minimum absolute atomic E-state index is 0.368. The molecule has 20 heavy (non-hydrogen) atoms. The summed E-state index contributed by atoms with van der Waals surface area (Å²) in [7, 11) is 2.30. The van der Waals surface area contributed by atoms with Gasteiger partial charge in [-0.2, -0.15) is 0 Å². The van der Waals surface area contributed by atoms with Gasteiger partial charge in [0.2, 0.25) is 0 Å². The highest BCUT2D eigenvalue weighted by Gasteiger charge is 2.39. The fourth-order valence-corrected chi connectivity index (χ4v) is 4.63. The lowest BCUT2D eigenvalue weighted by Crippen LogP contribution is -2.58. The van der Waals surface area contributed by atoms with Crippen LogP contribution in [0.4, 0.5) is 0 Å². The molecule has 0 aromatic rings. The largest absolute Gasteiger partial charge is 0.374 e. The molecule has 5 atom stereocenters. The van der Waals surface area contributed by atoms with Crippen LogP contribution in [-0.2, 0) is 4.74 Å². The third-order valence-corrected chi connectivity index (χ3v) is 5.78. The van der Waals surface area contributed by atoms with Crippen molar-refractivity contribution in [3.8, 4) is 0 Å². The average Bonchev–Trinajstić information content (AvgIpc) is 2.86. The monoisotopic (exact) mass is 281 g/mol. The topological polar surface area (TPSA) is 41.7 Å². The van der Waals surface area contributed by atoms with Crippen molar-refractivity contribution in [2.45, 2.75) is 63.3 Å². The molecule has 3 aliphatic rings. The molecule has 0 aromatic carbocycles. The maximum absolute atomic E-state index is 6.09. The van der Waals surface area contributed by atoms with Crippen molar-refractivity contribution in [3.05, 3.63) is 0 Å². The standard InChI is InChI=1S/C16H31N3O/c1-12-5-6-16(20-12)15(10-17)19-9-7-14-13(11-19)4-3-8-18(14)2/h12-16H,3-11,17H2,1-2H3. The van der Waals surface area contributed by atoms with Gasteiger partial charge in [0.15, 0.2) is 0 Å². The second-order valence-electron chi connectivity index (χ2n) is 7.10. The van der Waals surface area contributed by atoms with Gasteiger partial charge in [-0.1, -0.05) is 0 Å². The molecule has 0 aliphatic carbocycles. The molecule has 116 valence electrons. The van der Waals surface area contributed by atoms with Gasteiger partial charge in [0.05, 0.1) is 12.2 Å². The molecule has 3 heterocycles. The van der Waals surface area contributed by atoms with Crippen LogP contribution in [0.5, 0.6) is 0 Å². The van der Waals surface area contributed by atoms with Gasteiger partial charge < -0.3 is 15.4 Å². The Bertz CT molecular complexity index is 325. The SMILES string of the molecule is CC1CCC(C(CN)N2CCC3C(CCCN3C)C2)O1. The Kier molecular flexibility index (Phi) is 4.65. The highest BCUT2D eigenvalue weighted by atomic mass is 16.5. The number of likely N-dealkylation sites (tertiary alicyclic amines) is 2. The molecule has 5 unspecified atom stereocenters. The molecule has 0 spiro atoms. The number of hydrogen-bond acceptors (Lipinski definition) is 4. The quantitative estimate of drug-likeness (QED) is 0.846. The van der Waals surface area contributed by atoms with Gasteiger partial charge in [0.1, 0.15) is 0 Å². The summed E-state index contributed by atoms with van der Waals surface area (Å²) < 4.78 is 6.09. The summed E-state index contributed by atoms with van der Waals surface area (Å²) in [5.41, 5.74) is 6.09. The number of hydrogen-bond donors (Lipinski definition) is 1. The lowest BCUT2D eigenvalue weighted by molar-refractivity contribution is -0.0374. The lowest BCUT2D eigenvalue weighted by atomic mass is 9.83. The molecule has 3 rings (SSSR count). The van der Waals surface area contributed by atoms with Crippen molar-refractivity contribution in [2.75, 3.05) is 33.2 Å². The minimum atomic E-state index is 0.368. The molecule has 3 aliphatic heterocycles. The molecule has 4 heteroatoms. The molecular weight excluding hydrogens is 250 g/mol. The molecular formula is C16H31N3O. The van der Waals surface area contributed by atoms with E-state index in [1.165, 1.54) is 51.7 Å². The van der Waals surface area contributed by atoms with Gasteiger partial charge >= 0.3 is 0 Å². The van der Waals surface area contributed by atoms with E-state index in [1.807, 2.05) is 0 Å². The number of ether oxygens (including phenoxy) is 1. The van der Waals surface area contributed by atoms with Crippen LogP contribution in [-0.4, -0.2) is 67.3 Å². The Hall–Kier alpha value is -0.160. The summed E-state index contributed by atoms with van der Waals surface area (Å²) >= 11 is 0. The van der Waals surface area contributed by atoms with Crippen molar-refractivity contribution in [1.82, 2.24) is 9.80 Å². The smallest absolute Gasteiger partial charge is 0.0747 e. The van der Waals surface area contributed by atoms with Crippen LogP contribution in [0.25, 0.3) is 0 Å². The normalized spacial score (nSPS) is 41.5. The van der Waals surface area contributed by atoms with Gasteiger partial charge in [0, 0.05) is 31.7 Å². The first-order valence-corrected chi connectivity index (χ1v) is 8.49. The van der Waals surface area contributed by atoms with Gasteiger partial charge in [-0.3, -0.25) is 4.90 Å². The second kappa shape index (κ2) is 6.30. The molecule has 0 radical (unpaired) electrons. The van der Waals surface area contributed by atoms with E-state index in [1.54, 1.807) is 0 Å². The van der Waals surface area contributed by atoms with Crippen LogP contribution < -0.4 is 5.73 Å². The van der Waals surface area contributed by atoms with Crippen LogP contribution >= 0.6 is 0 Å². The van der Waals surface area contributed by atoms with E-state index in [9.17, 15) is 0 Å². The predicted octanol–water partition coefficient (Wildman–Crippen LogP) is 1.30. The van der Waals surface area contributed by atoms with Gasteiger partial charge in [-0.25, -0.2) is 0 Å². The van der Waals surface area contributed by atoms with Crippen molar-refractivity contribution in [2.24, 2.45) is 11.7 Å². The molecule has 0 aromatic heterocycles. The molecule has 0 amide bonds. The summed E-state index contributed by atoms with van der Waals surface area (Å²) in [6, 6.07) is 1.25. The molecule has 3 fully saturated rings. The van der Waals surface area contributed by atoms with Gasteiger partial charge in [0.25, 0.3) is 0 Å². The molecule has 4 nitrogen and oxygen atoms in total. The number of rotatable bonds is 3. The Labute approximate surface area is 123 Å². The van der Waals surface area contributed by atoms with E-state index >= 15 is 0 Å². The first kappa shape index (κ1) is 14.8. The number of nitrogens with zero attached hydrogens (tertiary/aromatic N) is 2. The summed E-state index contributed by atoms with van der Waals surface area (Å²) in [4.78, 5) is 5.22. The highest BCUT2D eigenvalue weighted by molar-refractivity contribution is 4.94. The fraction of sp³-hybridized carbons (Fsp3) is 1.00. The molecule has 3 saturated heterocycles. The molecule has 2 N–H and O–H groups in total. The molecule has 0 bridgehead atoms. The van der Waals surface area contributed by atoms with Gasteiger partial charge in [-0.05, 0) is 58.5 Å². The first-order valence-electron chi connectivity index (χ1n) is 8.49. The van der Waals surface area contributed by atoms with Crippen LogP contribution in [0.15, 0.2) is 0 Å². The zero-order valence-electron chi connectivity index (χ0n) is 13.1. The average molecular weight is 281 g/mol. The van der Waals surface area contributed by atoms with E-state index in [-0.39, 0.29) is 0 Å². The molecule has 0 saturated carbocycles. The zero-order chi connectivity index (χ0) is 14.1. The zero-order valence-corrected chi connectivity index (χ0v) is 13.1. The highest BCUT2D eigenvalue weighted by Crippen LogP contribution is 2.32. The maximum atomic E-state index is 6.09. The summed E-state index contributed by atoms with van der Waals surface area (Å²) in [6.45, 7) is 6.64. The Morgan fingerprint density at radius 1 is 1.20 bits per heavy atom. The number of piperidine rings is 2. The summed E-state index contributed by atoms with van der Waals surface area (Å²) in [5, 5.41) is 0. The van der Waals surface area contributed by atoms with Crippen LogP contribution in [0.1, 0.15) is 39.0 Å². The van der Waals surface area contributed by atoms with E-state index in [0.29, 0.717) is 18.2 Å². The van der Waals surface area contributed by atoms with Crippen LogP contribution in [0.3, 0.4) is 0 Å². The van der Waals surface area contributed by atoms with E-state index in [0.717, 1.165) is 18.5 Å². The van der Waals surface area contributed by atoms with Gasteiger partial charge in [-0.15, -0.1) is 0 Å². The summed E-state index contributed by atoms with van der Waals surface area (Å²) in [6.07, 6.45) is 7.23. The Morgan fingerprint density at radius 2 is 2.05 bits per heavy atom. The third-order valence-electron chi connectivity index (χ3n) is 5.78. The Balaban J connectivity index is 1.62. The van der Waals surface area contributed by atoms with Crippen LogP contribution in [0.2, 0.25) is 0 Å². The van der Waals surface area contributed by atoms with Crippen molar-refractivity contribution >= 4 is 0 Å². The second-order valence-corrected chi connectivity index (χ2v) is 7.10. The van der Waals surface area contributed by atoms with Crippen molar-refractivity contribution in [3.63, 3.8) is 0 Å².